The Morgan fingerprint density at radius 1 is 1.38 bits per heavy atom. The molecule has 2 aromatic rings. The molecule has 0 radical (unpaired) electrons. The number of nitrogens with two attached hydrogens (primary N) is 1. The molecular weight excluding hydrogens is 340 g/mol. The van der Waals surface area contributed by atoms with E-state index in [9.17, 15) is 4.79 Å². The normalized spacial score (nSPS) is 20.2. The number of carbonyl (C=O) groups excluding carboxylic acids is 1. The van der Waals surface area contributed by atoms with Crippen molar-refractivity contribution < 1.29 is 4.79 Å². The van der Waals surface area contributed by atoms with Crippen molar-refractivity contribution in [2.75, 3.05) is 13.1 Å². The summed E-state index contributed by atoms with van der Waals surface area (Å²) in [6.45, 7) is 7.74. The third-order valence-electron chi connectivity index (χ3n) is 4.81. The van der Waals surface area contributed by atoms with Crippen LogP contribution in [0.4, 0.5) is 0 Å². The minimum atomic E-state index is -0.0456. The quantitative estimate of drug-likeness (QED) is 0.850. The van der Waals surface area contributed by atoms with E-state index in [1.807, 2.05) is 42.2 Å². The van der Waals surface area contributed by atoms with Gasteiger partial charge in [-0.1, -0.05) is 37.6 Å². The Morgan fingerprint density at radius 2 is 2.12 bits per heavy atom. The molecule has 1 aliphatic heterocycles. The fourth-order valence-corrected chi connectivity index (χ4v) is 4.53. The first-order valence-corrected chi connectivity index (χ1v) is 9.38. The number of aryl methyl sites for hydroxylation is 1. The van der Waals surface area contributed by atoms with E-state index in [-0.39, 0.29) is 17.4 Å². The van der Waals surface area contributed by atoms with Crippen LogP contribution in [0.25, 0.3) is 10.4 Å². The number of likely N-dealkylation sites (tertiary alicyclic amines) is 1. The summed E-state index contributed by atoms with van der Waals surface area (Å²) in [4.78, 5) is 16.8. The third-order valence-corrected chi connectivity index (χ3v) is 6.32. The average molecular weight is 363 g/mol. The zero-order valence-corrected chi connectivity index (χ0v) is 15.9. The molecule has 1 atom stereocenters. The Bertz CT molecular complexity index is 768. The van der Waals surface area contributed by atoms with Gasteiger partial charge in [-0.05, 0) is 48.1 Å². The maximum absolute atomic E-state index is 12.9. The molecule has 1 saturated heterocycles. The van der Waals surface area contributed by atoms with Gasteiger partial charge in [-0.15, -0.1) is 11.3 Å². The zero-order valence-electron chi connectivity index (χ0n) is 14.3. The van der Waals surface area contributed by atoms with Gasteiger partial charge in [-0.25, -0.2) is 0 Å². The van der Waals surface area contributed by atoms with Crippen LogP contribution in [0.2, 0.25) is 5.02 Å². The molecule has 0 bridgehead atoms. The number of nitrogens with zero attached hydrogens (tertiary/aromatic N) is 1. The first-order valence-electron chi connectivity index (χ1n) is 8.19. The number of thiophene rings is 1. The van der Waals surface area contributed by atoms with Crippen molar-refractivity contribution in [2.45, 2.75) is 33.2 Å². The van der Waals surface area contributed by atoms with Gasteiger partial charge in [-0.3, -0.25) is 4.79 Å². The van der Waals surface area contributed by atoms with Gasteiger partial charge < -0.3 is 10.6 Å². The van der Waals surface area contributed by atoms with E-state index in [0.29, 0.717) is 11.6 Å². The van der Waals surface area contributed by atoms with Crippen LogP contribution in [0.5, 0.6) is 0 Å². The van der Waals surface area contributed by atoms with Gasteiger partial charge in [0.05, 0.1) is 4.88 Å². The molecule has 3 rings (SSSR count). The third kappa shape index (κ3) is 3.37. The first kappa shape index (κ1) is 17.5. The number of hydrogen-bond acceptors (Lipinski definition) is 3. The van der Waals surface area contributed by atoms with E-state index in [0.717, 1.165) is 33.8 Å². The second-order valence-corrected chi connectivity index (χ2v) is 8.73. The van der Waals surface area contributed by atoms with Gasteiger partial charge >= 0.3 is 0 Å². The molecule has 1 aliphatic rings. The van der Waals surface area contributed by atoms with Gasteiger partial charge in [0.25, 0.3) is 5.91 Å². The van der Waals surface area contributed by atoms with Crippen molar-refractivity contribution in [3.05, 3.63) is 45.8 Å². The van der Waals surface area contributed by atoms with Crippen LogP contribution in [-0.2, 0) is 0 Å². The Hall–Kier alpha value is -1.36. The highest BCUT2D eigenvalue weighted by molar-refractivity contribution is 7.17. The maximum atomic E-state index is 12.9. The molecule has 1 aromatic heterocycles. The summed E-state index contributed by atoms with van der Waals surface area (Å²) in [7, 11) is 0. The Morgan fingerprint density at radius 3 is 2.79 bits per heavy atom. The lowest BCUT2D eigenvalue weighted by atomic mass is 9.79. The summed E-state index contributed by atoms with van der Waals surface area (Å²) in [6.07, 6.45) is 0.851. The zero-order chi connectivity index (χ0) is 17.5. The van der Waals surface area contributed by atoms with Crippen molar-refractivity contribution in [2.24, 2.45) is 11.1 Å². The predicted octanol–water partition coefficient (Wildman–Crippen LogP) is 4.58. The molecular formula is C19H23ClN2OS. The molecule has 5 heteroatoms. The van der Waals surface area contributed by atoms with Gasteiger partial charge in [0, 0.05) is 29.0 Å². The fraction of sp³-hybridized carbons (Fsp3) is 0.421. The highest BCUT2D eigenvalue weighted by Gasteiger charge is 2.36. The van der Waals surface area contributed by atoms with Gasteiger partial charge in [0.1, 0.15) is 0 Å². The highest BCUT2D eigenvalue weighted by Crippen LogP contribution is 2.35. The Kier molecular flexibility index (Phi) is 4.73. The Balaban J connectivity index is 1.86. The topological polar surface area (TPSA) is 46.3 Å². The van der Waals surface area contributed by atoms with E-state index in [1.54, 1.807) is 11.3 Å². The second kappa shape index (κ2) is 6.51. The molecule has 0 aliphatic carbocycles. The monoisotopic (exact) mass is 362 g/mol. The van der Waals surface area contributed by atoms with Gasteiger partial charge in [-0.2, -0.15) is 0 Å². The van der Waals surface area contributed by atoms with Gasteiger partial charge in [0.15, 0.2) is 0 Å². The molecule has 1 aromatic carbocycles. The summed E-state index contributed by atoms with van der Waals surface area (Å²) in [5.41, 5.74) is 8.31. The van der Waals surface area contributed by atoms with E-state index in [2.05, 4.69) is 13.8 Å². The smallest absolute Gasteiger partial charge is 0.263 e. The van der Waals surface area contributed by atoms with Crippen LogP contribution in [0.1, 0.15) is 35.5 Å². The number of amides is 1. The van der Waals surface area contributed by atoms with Crippen molar-refractivity contribution in [3.8, 4) is 10.4 Å². The Labute approximate surface area is 152 Å². The lowest BCUT2D eigenvalue weighted by Crippen LogP contribution is -2.53. The van der Waals surface area contributed by atoms with Crippen LogP contribution in [-0.4, -0.2) is 29.9 Å². The molecule has 1 amide bonds. The molecule has 2 heterocycles. The molecule has 3 nitrogen and oxygen atoms in total. The SMILES string of the molecule is Cc1cc(C(=O)N2CCC(N)C(C)(C)C2)sc1-c1cccc(Cl)c1. The van der Waals surface area contributed by atoms with Crippen LogP contribution in [0, 0.1) is 12.3 Å². The molecule has 128 valence electrons. The number of piperidine rings is 1. The van der Waals surface area contributed by atoms with Crippen LogP contribution >= 0.6 is 22.9 Å². The summed E-state index contributed by atoms with van der Waals surface area (Å²) in [5, 5.41) is 0.708. The molecule has 1 unspecified atom stereocenters. The number of rotatable bonds is 2. The summed E-state index contributed by atoms with van der Waals surface area (Å²) in [6, 6.07) is 9.91. The molecule has 24 heavy (non-hydrogen) atoms. The van der Waals surface area contributed by atoms with Crippen LogP contribution in [0.15, 0.2) is 30.3 Å². The minimum Gasteiger partial charge on any atom is -0.337 e. The lowest BCUT2D eigenvalue weighted by molar-refractivity contribution is 0.0537. The molecule has 0 saturated carbocycles. The standard InChI is InChI=1S/C19H23ClN2OS/c1-12-9-15(24-17(12)13-5-4-6-14(20)10-13)18(23)22-8-7-16(21)19(2,3)11-22/h4-6,9-10,16H,7-8,11,21H2,1-3H3. The van der Waals surface area contributed by atoms with Crippen molar-refractivity contribution >= 4 is 28.8 Å². The average Bonchev–Trinajstić information content (AvgIpc) is 2.91. The van der Waals surface area contributed by atoms with Crippen molar-refractivity contribution in [1.82, 2.24) is 4.90 Å². The highest BCUT2D eigenvalue weighted by atomic mass is 35.5. The molecule has 0 spiro atoms. The summed E-state index contributed by atoms with van der Waals surface area (Å²) >= 11 is 7.64. The fourth-order valence-electron chi connectivity index (χ4n) is 3.21. The van der Waals surface area contributed by atoms with Gasteiger partial charge in [0.2, 0.25) is 0 Å². The number of carbonyl (C=O) groups is 1. The second-order valence-electron chi connectivity index (χ2n) is 7.24. The van der Waals surface area contributed by atoms with E-state index in [4.69, 9.17) is 17.3 Å². The van der Waals surface area contributed by atoms with Crippen LogP contribution < -0.4 is 5.73 Å². The minimum absolute atomic E-state index is 0.0456. The lowest BCUT2D eigenvalue weighted by Gasteiger charge is -2.42. The van der Waals surface area contributed by atoms with Crippen LogP contribution in [0.3, 0.4) is 0 Å². The van der Waals surface area contributed by atoms with Crippen molar-refractivity contribution in [3.63, 3.8) is 0 Å². The summed E-state index contributed by atoms with van der Waals surface area (Å²) < 4.78 is 0. The molecule has 2 N–H and O–H groups in total. The molecule has 1 fully saturated rings. The predicted molar refractivity (Wildman–Crippen MR) is 102 cm³/mol. The number of hydrogen-bond donors (Lipinski definition) is 1. The maximum Gasteiger partial charge on any atom is 0.263 e. The van der Waals surface area contributed by atoms with E-state index >= 15 is 0 Å². The number of benzene rings is 1. The summed E-state index contributed by atoms with van der Waals surface area (Å²) in [5.74, 6) is 0.108. The first-order chi connectivity index (χ1) is 11.3. The van der Waals surface area contributed by atoms with E-state index in [1.165, 1.54) is 0 Å². The number of halogens is 1. The van der Waals surface area contributed by atoms with Crippen molar-refractivity contribution in [1.29, 1.82) is 0 Å². The van der Waals surface area contributed by atoms with E-state index < -0.39 is 0 Å². The largest absolute Gasteiger partial charge is 0.337 e.